The maximum Gasteiger partial charge on any atom is 1.00 e. The van der Waals surface area contributed by atoms with Gasteiger partial charge >= 0.3 is 18.9 Å². The number of ketones is 2. The predicted octanol–water partition coefficient (Wildman–Crippen LogP) is 11.0. The zero-order valence-corrected chi connectivity index (χ0v) is 33.9. The van der Waals surface area contributed by atoms with E-state index in [0.29, 0.717) is 28.0 Å². The minimum absolute atomic E-state index is 0. The first-order chi connectivity index (χ1) is 24.1. The fourth-order valence-corrected chi connectivity index (χ4v) is 4.14. The van der Waals surface area contributed by atoms with Crippen molar-refractivity contribution in [2.75, 3.05) is 18.2 Å². The fraction of sp³-hybridized carbons (Fsp3) is 0.422. The molecular weight excluding hydrogens is 727 g/mol. The Morgan fingerprint density at radius 2 is 0.927 bits per heavy atom. The molecule has 0 atom stereocenters. The molecule has 55 heavy (non-hydrogen) atoms. The quantitative estimate of drug-likeness (QED) is 0.0510. The van der Waals surface area contributed by atoms with Crippen LogP contribution in [0.3, 0.4) is 0 Å². The summed E-state index contributed by atoms with van der Waals surface area (Å²) in [6.07, 6.45) is 2.56. The van der Waals surface area contributed by atoms with E-state index in [2.05, 4.69) is 6.92 Å². The Kier molecular flexibility index (Phi) is 59.1. The second-order valence-corrected chi connectivity index (χ2v) is 10.9. The van der Waals surface area contributed by atoms with Crippen LogP contribution in [-0.2, 0) is 10.1 Å². The van der Waals surface area contributed by atoms with Crippen LogP contribution in [0.1, 0.15) is 145 Å². The van der Waals surface area contributed by atoms with Gasteiger partial charge in [0.1, 0.15) is 11.5 Å². The van der Waals surface area contributed by atoms with Crippen LogP contribution in [0.4, 0.5) is 0 Å². The molecule has 7 nitrogen and oxygen atoms in total. The summed E-state index contributed by atoms with van der Waals surface area (Å²) in [6, 6.07) is 30.9. The molecule has 2 N–H and O–H groups in total. The number of ether oxygens (including phenoxy) is 1. The molecule has 0 saturated heterocycles. The van der Waals surface area contributed by atoms with Crippen molar-refractivity contribution in [3.8, 4) is 11.5 Å². The van der Waals surface area contributed by atoms with E-state index >= 15 is 0 Å². The van der Waals surface area contributed by atoms with Gasteiger partial charge in [-0.05, 0) is 61.4 Å². The van der Waals surface area contributed by atoms with Crippen molar-refractivity contribution in [1.29, 1.82) is 0 Å². The van der Waals surface area contributed by atoms with Crippen molar-refractivity contribution in [3.05, 3.63) is 131 Å². The van der Waals surface area contributed by atoms with Gasteiger partial charge in [-0.3, -0.25) is 14.1 Å². The van der Waals surface area contributed by atoms with Gasteiger partial charge in [0.05, 0.1) is 12.4 Å². The van der Waals surface area contributed by atoms with Gasteiger partial charge in [0.25, 0.3) is 10.1 Å². The van der Waals surface area contributed by atoms with E-state index in [1.54, 1.807) is 72.8 Å². The van der Waals surface area contributed by atoms with Crippen molar-refractivity contribution in [1.82, 2.24) is 0 Å². The molecule has 10 heteroatoms. The van der Waals surface area contributed by atoms with Crippen LogP contribution in [0.5, 0.6) is 11.5 Å². The van der Waals surface area contributed by atoms with E-state index in [1.807, 2.05) is 79.7 Å². The number of aromatic hydroxyl groups is 1. The molecule has 0 spiro atoms. The maximum atomic E-state index is 12.2. The molecule has 0 aliphatic carbocycles. The average molecular weight is 804 g/mol. The number of alkyl halides is 1. The van der Waals surface area contributed by atoms with Gasteiger partial charge < -0.3 is 11.3 Å². The second kappa shape index (κ2) is 46.8. The van der Waals surface area contributed by atoms with Gasteiger partial charge in [-0.15, -0.1) is 11.6 Å². The summed E-state index contributed by atoms with van der Waals surface area (Å²) >= 11 is 5.30. The minimum atomic E-state index is -3.95. The molecule has 4 rings (SSSR count). The standard InChI is InChI=1S/C16H16O5S.C13H10O2.C4H9Cl.4C2H6.4CH4.Li.H/c17-16(13-5-2-1-3-6-13)14-7-9-15(10-8-14)21-11-4-12-22(18,19)20;14-12-8-6-11(7-9-12)13(15)10-4-2-1-3-5-10;1-2-3-4-5;4*1-2;;;;;;/h1-3,5-10H,4,11-12H2,(H,18,19,20);1-9,14H;2-4H2,1H3;4*1-2H3;4*1H4;;/q;;;;;;;;;;;+1;-1. The Morgan fingerprint density at radius 3 is 1.22 bits per heavy atom. The second-order valence-electron chi connectivity index (χ2n) is 8.99. The van der Waals surface area contributed by atoms with Gasteiger partial charge in [0.15, 0.2) is 11.6 Å². The normalized spacial score (nSPS) is 8.35. The zero-order chi connectivity index (χ0) is 38.8. The molecule has 0 aromatic heterocycles. The number of phenols is 1. The summed E-state index contributed by atoms with van der Waals surface area (Å²) in [4.78, 5) is 24.1. The van der Waals surface area contributed by atoms with Crippen molar-refractivity contribution < 1.29 is 52.7 Å². The van der Waals surface area contributed by atoms with Gasteiger partial charge in [-0.2, -0.15) is 8.42 Å². The number of carbonyl (C=O) groups excluding carboxylic acids is 2. The molecule has 4 aromatic carbocycles. The number of unbranched alkanes of at least 4 members (excludes halogenated alkanes) is 1. The van der Waals surface area contributed by atoms with Gasteiger partial charge in [-0.25, -0.2) is 0 Å². The minimum Gasteiger partial charge on any atom is -1.00 e. The molecule has 0 fully saturated rings. The summed E-state index contributed by atoms with van der Waals surface area (Å²) in [6.45, 7) is 18.3. The molecule has 0 radical (unpaired) electrons. The third kappa shape index (κ3) is 34.8. The largest absolute Gasteiger partial charge is 1.00 e. The Bertz CT molecular complexity index is 1470. The monoisotopic (exact) mass is 803 g/mol. The molecule has 0 saturated carbocycles. The van der Waals surface area contributed by atoms with Crippen LogP contribution in [0, 0.1) is 0 Å². The Labute approximate surface area is 356 Å². The number of rotatable bonds is 11. The van der Waals surface area contributed by atoms with Crippen molar-refractivity contribution in [3.63, 3.8) is 0 Å². The SMILES string of the molecule is C.C.C.C.CC.CC.CC.CC.CCCCCl.O=C(c1ccccc1)c1ccc(O)cc1.O=C(c1ccccc1)c1ccc(OCCCS(=O)(=O)O)cc1.[H-].[Li+]. The van der Waals surface area contributed by atoms with Gasteiger partial charge in [0, 0.05) is 28.1 Å². The van der Waals surface area contributed by atoms with Crippen molar-refractivity contribution >= 4 is 33.3 Å². The summed E-state index contributed by atoms with van der Waals surface area (Å²) in [5.74, 6) is 1.09. The summed E-state index contributed by atoms with van der Waals surface area (Å²) in [7, 11) is -3.95. The van der Waals surface area contributed by atoms with Gasteiger partial charge in [-0.1, -0.05) is 159 Å². The van der Waals surface area contributed by atoms with Crippen LogP contribution in [-0.4, -0.2) is 47.9 Å². The maximum absolute atomic E-state index is 12.2. The average Bonchev–Trinajstić information content (AvgIpc) is 3.18. The summed E-state index contributed by atoms with van der Waals surface area (Å²) in [5.41, 5.74) is 2.41. The van der Waals surface area contributed by atoms with Crippen molar-refractivity contribution in [2.24, 2.45) is 0 Å². The molecule has 0 aliphatic heterocycles. The van der Waals surface area contributed by atoms with Crippen LogP contribution >= 0.6 is 11.6 Å². The first-order valence-electron chi connectivity index (χ1n) is 17.4. The third-order valence-electron chi connectivity index (χ3n) is 5.62. The number of hydrogen-bond acceptors (Lipinski definition) is 6. The van der Waals surface area contributed by atoms with Crippen molar-refractivity contribution in [2.45, 2.75) is 111 Å². The first kappa shape index (κ1) is 69.5. The van der Waals surface area contributed by atoms with E-state index in [-0.39, 0.29) is 86.1 Å². The Balaban J connectivity index is -0.0000000819. The topological polar surface area (TPSA) is 118 Å². The molecule has 0 heterocycles. The van der Waals surface area contributed by atoms with E-state index in [4.69, 9.17) is 26.0 Å². The molecule has 0 amide bonds. The predicted molar refractivity (Wildman–Crippen MR) is 240 cm³/mol. The van der Waals surface area contributed by atoms with Crippen LogP contribution in [0.2, 0.25) is 0 Å². The molecule has 0 unspecified atom stereocenters. The number of carbonyl (C=O) groups is 2. The van der Waals surface area contributed by atoms with E-state index < -0.39 is 10.1 Å². The zero-order valence-electron chi connectivity index (χ0n) is 33.4. The van der Waals surface area contributed by atoms with Crippen LogP contribution in [0.15, 0.2) is 109 Å². The van der Waals surface area contributed by atoms with Crippen LogP contribution < -0.4 is 23.6 Å². The summed E-state index contributed by atoms with van der Waals surface area (Å²) in [5, 5.41) is 9.10. The third-order valence-corrected chi connectivity index (χ3v) is 6.69. The molecular formula is C45H76ClLiO7S. The van der Waals surface area contributed by atoms with Crippen LogP contribution in [0.25, 0.3) is 0 Å². The molecule has 0 bridgehead atoms. The number of halogens is 1. The fourth-order valence-electron chi connectivity index (χ4n) is 3.39. The number of phenolic OH excluding ortho intramolecular Hbond substituents is 1. The smallest absolute Gasteiger partial charge is 1.00 e. The summed E-state index contributed by atoms with van der Waals surface area (Å²) < 4.78 is 35.1. The van der Waals surface area contributed by atoms with Gasteiger partial charge in [0.2, 0.25) is 0 Å². The first-order valence-corrected chi connectivity index (χ1v) is 19.5. The Morgan fingerprint density at radius 1 is 0.600 bits per heavy atom. The van der Waals surface area contributed by atoms with E-state index in [1.165, 1.54) is 18.6 Å². The van der Waals surface area contributed by atoms with E-state index in [9.17, 15) is 18.0 Å². The number of benzene rings is 4. The number of hydrogen-bond donors (Lipinski definition) is 2. The molecule has 312 valence electrons. The Hall–Kier alpha value is -3.38. The molecule has 0 aliphatic rings. The van der Waals surface area contributed by atoms with E-state index in [0.717, 1.165) is 12.3 Å². The molecule has 4 aromatic rings.